The number of aromatic nitrogens is 2. The fourth-order valence-electron chi connectivity index (χ4n) is 2.16. The number of hydrogen-bond acceptors (Lipinski definition) is 3. The fourth-order valence-corrected chi connectivity index (χ4v) is 2.40. The molecule has 1 aromatic heterocycles. The molecule has 0 radical (unpaired) electrons. The molecule has 19 heavy (non-hydrogen) atoms. The molecule has 0 aliphatic heterocycles. The van der Waals surface area contributed by atoms with Crippen LogP contribution in [0.4, 0.5) is 0 Å². The number of H-pyrrole nitrogens is 1. The number of imidazole rings is 1. The van der Waals surface area contributed by atoms with Gasteiger partial charge in [0.15, 0.2) is 0 Å². The molecule has 2 rings (SSSR count). The number of halogens is 1. The quantitative estimate of drug-likeness (QED) is 0.904. The van der Waals surface area contributed by atoms with Crippen LogP contribution in [0.5, 0.6) is 5.75 Å². The van der Waals surface area contributed by atoms with Gasteiger partial charge in [0.25, 0.3) is 0 Å². The molecular weight excluding hydrogens is 262 g/mol. The van der Waals surface area contributed by atoms with E-state index in [4.69, 9.17) is 22.1 Å². The van der Waals surface area contributed by atoms with E-state index in [2.05, 4.69) is 9.97 Å². The van der Waals surface area contributed by atoms with E-state index >= 15 is 0 Å². The van der Waals surface area contributed by atoms with Gasteiger partial charge in [0.05, 0.1) is 17.8 Å². The number of methoxy groups -OCH3 is 1. The summed E-state index contributed by atoms with van der Waals surface area (Å²) in [7, 11) is 1.61. The number of aryl methyl sites for hydroxylation is 2. The van der Waals surface area contributed by atoms with E-state index in [1.807, 2.05) is 26.0 Å². The molecule has 0 aliphatic carbocycles. The van der Waals surface area contributed by atoms with Crippen molar-refractivity contribution in [3.63, 3.8) is 0 Å². The summed E-state index contributed by atoms with van der Waals surface area (Å²) < 4.78 is 5.22. The van der Waals surface area contributed by atoms with E-state index in [9.17, 15) is 0 Å². The number of nitrogens with zero attached hydrogens (tertiary/aromatic N) is 1. The molecule has 0 unspecified atom stereocenters. The molecule has 0 atom stereocenters. The molecule has 5 heteroatoms. The molecule has 0 saturated heterocycles. The molecule has 0 saturated carbocycles. The summed E-state index contributed by atoms with van der Waals surface area (Å²) in [5.41, 5.74) is 9.69. The van der Waals surface area contributed by atoms with Crippen LogP contribution in [-0.2, 0) is 6.42 Å². The number of nitrogens with two attached hydrogens (primary N) is 1. The highest BCUT2D eigenvalue weighted by Crippen LogP contribution is 2.34. The van der Waals surface area contributed by atoms with Gasteiger partial charge >= 0.3 is 0 Å². The molecule has 1 aromatic carbocycles. The summed E-state index contributed by atoms with van der Waals surface area (Å²) >= 11 is 6.20. The normalized spacial score (nSPS) is 10.8. The third-order valence-corrected chi connectivity index (χ3v) is 3.34. The fraction of sp³-hybridized carbons (Fsp3) is 0.357. The summed E-state index contributed by atoms with van der Waals surface area (Å²) in [6.45, 7) is 4.53. The second-order valence-corrected chi connectivity index (χ2v) is 4.90. The van der Waals surface area contributed by atoms with Crippen molar-refractivity contribution in [3.05, 3.63) is 34.2 Å². The van der Waals surface area contributed by atoms with Gasteiger partial charge in [0.2, 0.25) is 0 Å². The molecule has 2 aromatic rings. The Morgan fingerprint density at radius 1 is 1.37 bits per heavy atom. The SMILES string of the molecule is COc1cc(C)c(-c2nc(C)[nH]c2CCN)cc1Cl. The first-order valence-electron chi connectivity index (χ1n) is 6.17. The highest BCUT2D eigenvalue weighted by molar-refractivity contribution is 6.32. The van der Waals surface area contributed by atoms with Crippen LogP contribution in [0.2, 0.25) is 5.02 Å². The van der Waals surface area contributed by atoms with Crippen LogP contribution in [-0.4, -0.2) is 23.6 Å². The summed E-state index contributed by atoms with van der Waals surface area (Å²) in [4.78, 5) is 7.80. The van der Waals surface area contributed by atoms with E-state index in [0.717, 1.165) is 34.8 Å². The van der Waals surface area contributed by atoms with Gasteiger partial charge in [-0.3, -0.25) is 0 Å². The second-order valence-electron chi connectivity index (χ2n) is 4.49. The molecule has 3 N–H and O–H groups in total. The molecular formula is C14H18ClN3O. The second kappa shape index (κ2) is 5.63. The zero-order chi connectivity index (χ0) is 14.0. The standard InChI is InChI=1S/C14H18ClN3O/c1-8-6-13(19-3)11(15)7-10(8)14-12(4-5-16)17-9(2)18-14/h6-7H,4-5,16H2,1-3H3,(H,17,18). The minimum Gasteiger partial charge on any atom is -0.495 e. The van der Waals surface area contributed by atoms with Gasteiger partial charge in [0.1, 0.15) is 11.6 Å². The van der Waals surface area contributed by atoms with Crippen LogP contribution >= 0.6 is 11.6 Å². The molecule has 0 amide bonds. The van der Waals surface area contributed by atoms with Crippen molar-refractivity contribution in [2.75, 3.05) is 13.7 Å². The van der Waals surface area contributed by atoms with Crippen LogP contribution in [0.1, 0.15) is 17.1 Å². The monoisotopic (exact) mass is 279 g/mol. The first-order valence-corrected chi connectivity index (χ1v) is 6.54. The Labute approximate surface area is 117 Å². The van der Waals surface area contributed by atoms with Crippen molar-refractivity contribution < 1.29 is 4.74 Å². The largest absolute Gasteiger partial charge is 0.495 e. The molecule has 0 aliphatic rings. The maximum Gasteiger partial charge on any atom is 0.137 e. The average molecular weight is 280 g/mol. The number of benzene rings is 1. The highest BCUT2D eigenvalue weighted by atomic mass is 35.5. The predicted molar refractivity (Wildman–Crippen MR) is 77.8 cm³/mol. The van der Waals surface area contributed by atoms with Crippen molar-refractivity contribution in [1.82, 2.24) is 9.97 Å². The van der Waals surface area contributed by atoms with Crippen LogP contribution in [0, 0.1) is 13.8 Å². The lowest BCUT2D eigenvalue weighted by molar-refractivity contribution is 0.415. The van der Waals surface area contributed by atoms with E-state index in [-0.39, 0.29) is 0 Å². The lowest BCUT2D eigenvalue weighted by Gasteiger charge is -2.10. The molecule has 4 nitrogen and oxygen atoms in total. The van der Waals surface area contributed by atoms with Crippen molar-refractivity contribution in [2.24, 2.45) is 5.73 Å². The Bertz CT molecular complexity index is 593. The minimum absolute atomic E-state index is 0.581. The Morgan fingerprint density at radius 3 is 2.74 bits per heavy atom. The zero-order valence-corrected chi connectivity index (χ0v) is 12.1. The first kappa shape index (κ1) is 13.9. The number of aromatic amines is 1. The Balaban J connectivity index is 2.55. The van der Waals surface area contributed by atoms with Crippen LogP contribution in [0.25, 0.3) is 11.3 Å². The van der Waals surface area contributed by atoms with Crippen LogP contribution < -0.4 is 10.5 Å². The summed E-state index contributed by atoms with van der Waals surface area (Å²) in [6, 6.07) is 3.82. The Morgan fingerprint density at radius 2 is 2.11 bits per heavy atom. The molecule has 1 heterocycles. The smallest absolute Gasteiger partial charge is 0.137 e. The van der Waals surface area contributed by atoms with E-state index in [1.54, 1.807) is 7.11 Å². The third kappa shape index (κ3) is 2.74. The van der Waals surface area contributed by atoms with E-state index in [1.165, 1.54) is 0 Å². The van der Waals surface area contributed by atoms with Crippen molar-refractivity contribution in [3.8, 4) is 17.0 Å². The molecule has 0 spiro atoms. The van der Waals surface area contributed by atoms with Crippen molar-refractivity contribution in [1.29, 1.82) is 0 Å². The molecule has 0 fully saturated rings. The van der Waals surface area contributed by atoms with Gasteiger partial charge in [-0.2, -0.15) is 0 Å². The number of ether oxygens (including phenoxy) is 1. The number of hydrogen-bond donors (Lipinski definition) is 2. The topological polar surface area (TPSA) is 63.9 Å². The summed E-state index contributed by atoms with van der Waals surface area (Å²) in [5, 5.41) is 0.586. The lowest BCUT2D eigenvalue weighted by atomic mass is 10.0. The summed E-state index contributed by atoms with van der Waals surface area (Å²) in [5.74, 6) is 1.56. The molecule has 0 bridgehead atoms. The van der Waals surface area contributed by atoms with Crippen molar-refractivity contribution in [2.45, 2.75) is 20.3 Å². The third-order valence-electron chi connectivity index (χ3n) is 3.05. The van der Waals surface area contributed by atoms with Crippen LogP contribution in [0.15, 0.2) is 12.1 Å². The van der Waals surface area contributed by atoms with Gasteiger partial charge in [-0.05, 0) is 38.1 Å². The Hall–Kier alpha value is -1.52. The number of rotatable bonds is 4. The van der Waals surface area contributed by atoms with E-state index < -0.39 is 0 Å². The van der Waals surface area contributed by atoms with Gasteiger partial charge in [-0.1, -0.05) is 11.6 Å². The van der Waals surface area contributed by atoms with Gasteiger partial charge in [0, 0.05) is 17.7 Å². The maximum atomic E-state index is 6.20. The predicted octanol–water partition coefficient (Wildman–Crippen LogP) is 2.86. The van der Waals surface area contributed by atoms with E-state index in [0.29, 0.717) is 17.3 Å². The zero-order valence-electron chi connectivity index (χ0n) is 11.4. The Kier molecular flexibility index (Phi) is 4.12. The van der Waals surface area contributed by atoms with Gasteiger partial charge in [-0.25, -0.2) is 4.98 Å². The summed E-state index contributed by atoms with van der Waals surface area (Å²) in [6.07, 6.45) is 0.763. The molecule has 102 valence electrons. The lowest BCUT2D eigenvalue weighted by Crippen LogP contribution is -2.04. The minimum atomic E-state index is 0.581. The van der Waals surface area contributed by atoms with Crippen molar-refractivity contribution >= 4 is 11.6 Å². The van der Waals surface area contributed by atoms with Gasteiger partial charge < -0.3 is 15.5 Å². The highest BCUT2D eigenvalue weighted by Gasteiger charge is 2.14. The first-order chi connectivity index (χ1) is 9.06. The van der Waals surface area contributed by atoms with Gasteiger partial charge in [-0.15, -0.1) is 0 Å². The average Bonchev–Trinajstić information content (AvgIpc) is 2.73. The maximum absolute atomic E-state index is 6.20. The van der Waals surface area contributed by atoms with Crippen LogP contribution in [0.3, 0.4) is 0 Å². The number of nitrogens with one attached hydrogen (secondary N) is 1.